The fourth-order valence-corrected chi connectivity index (χ4v) is 6.62. The van der Waals surface area contributed by atoms with E-state index in [9.17, 15) is 14.4 Å². The summed E-state index contributed by atoms with van der Waals surface area (Å²) < 4.78 is 14.2. The summed E-state index contributed by atoms with van der Waals surface area (Å²) in [5.41, 5.74) is 14.5. The zero-order chi connectivity index (χ0) is 26.8. The molecule has 0 saturated heterocycles. The molecule has 0 bridgehead atoms. The first-order valence-corrected chi connectivity index (χ1v) is 14.0. The number of ketones is 1. The fourth-order valence-electron chi connectivity index (χ4n) is 5.57. The predicted octanol–water partition coefficient (Wildman–Crippen LogP) is 7.18. The molecule has 6 heteroatoms. The van der Waals surface area contributed by atoms with Crippen molar-refractivity contribution < 1.29 is 9.18 Å². The number of hydrogen-bond acceptors (Lipinski definition) is 5. The van der Waals surface area contributed by atoms with E-state index in [0.29, 0.717) is 36.1 Å². The second-order valence-corrected chi connectivity index (χ2v) is 10.9. The van der Waals surface area contributed by atoms with Gasteiger partial charge in [-0.2, -0.15) is 17.0 Å². The lowest BCUT2D eigenvalue weighted by atomic mass is 9.73. The average molecular weight is 524 g/mol. The molecule has 0 fully saturated rings. The van der Waals surface area contributed by atoms with Crippen LogP contribution in [0.1, 0.15) is 53.0 Å². The van der Waals surface area contributed by atoms with Gasteiger partial charge in [0.2, 0.25) is 0 Å². The number of rotatable bonds is 6. The number of nitriles is 1. The number of carbonyl (C=O) groups excluding carboxylic acids is 1. The lowest BCUT2D eigenvalue weighted by Gasteiger charge is -2.40. The van der Waals surface area contributed by atoms with Crippen molar-refractivity contribution in [2.75, 3.05) is 4.90 Å². The van der Waals surface area contributed by atoms with E-state index in [1.807, 2.05) is 24.8 Å². The van der Waals surface area contributed by atoms with Crippen molar-refractivity contribution in [2.24, 2.45) is 5.73 Å². The summed E-state index contributed by atoms with van der Waals surface area (Å²) in [6.45, 7) is 4.12. The monoisotopic (exact) mass is 523 g/mol. The summed E-state index contributed by atoms with van der Waals surface area (Å²) in [4.78, 5) is 15.2. The first-order valence-electron chi connectivity index (χ1n) is 12.8. The van der Waals surface area contributed by atoms with Crippen LogP contribution in [0.15, 0.2) is 89.4 Å². The molecule has 2 aliphatic rings. The van der Waals surface area contributed by atoms with Crippen LogP contribution in [0.4, 0.5) is 10.1 Å². The van der Waals surface area contributed by atoms with Gasteiger partial charge in [-0.15, -0.1) is 0 Å². The van der Waals surface area contributed by atoms with Gasteiger partial charge in [-0.25, -0.2) is 4.39 Å². The van der Waals surface area contributed by atoms with Crippen molar-refractivity contribution in [1.29, 1.82) is 5.26 Å². The standard InChI is InChI=1S/C32H30FN3OS/c1-20-14-23(19-38-18-22-8-4-3-5-9-22)21(2)26(15-20)30-27(17-34)32(35)36(25-11-6-10-24(33)16-25)28-12-7-13-29(37)31(28)30/h3-6,8-11,14-16,30H,7,12-13,18-19,35H2,1-2H3. The summed E-state index contributed by atoms with van der Waals surface area (Å²) in [6.07, 6.45) is 1.76. The lowest BCUT2D eigenvalue weighted by Crippen LogP contribution is -2.39. The summed E-state index contributed by atoms with van der Waals surface area (Å²) in [6, 6.07) is 23.1. The zero-order valence-corrected chi connectivity index (χ0v) is 22.4. The maximum absolute atomic E-state index is 14.2. The quantitative estimate of drug-likeness (QED) is 0.371. The van der Waals surface area contributed by atoms with E-state index in [2.05, 4.69) is 49.4 Å². The minimum Gasteiger partial charge on any atom is -0.384 e. The molecule has 0 spiro atoms. The van der Waals surface area contributed by atoms with Crippen LogP contribution in [0.3, 0.4) is 0 Å². The third-order valence-electron chi connectivity index (χ3n) is 7.36. The Kier molecular flexibility index (Phi) is 7.40. The Bertz CT molecular complexity index is 1500. The SMILES string of the molecule is Cc1cc(CSCc2ccccc2)c(C)c(C2C(C#N)=C(N)N(c3cccc(F)c3)C3=C2C(=O)CCC3)c1. The summed E-state index contributed by atoms with van der Waals surface area (Å²) in [5.74, 6) is 1.08. The van der Waals surface area contributed by atoms with E-state index in [4.69, 9.17) is 5.73 Å². The molecule has 1 aliphatic heterocycles. The molecule has 5 rings (SSSR count). The smallest absolute Gasteiger partial charge is 0.161 e. The van der Waals surface area contributed by atoms with Gasteiger partial charge in [0.15, 0.2) is 5.78 Å². The highest BCUT2D eigenvalue weighted by molar-refractivity contribution is 7.97. The second-order valence-electron chi connectivity index (χ2n) is 9.91. The number of aryl methyl sites for hydroxylation is 1. The number of halogens is 1. The van der Waals surface area contributed by atoms with Crippen LogP contribution >= 0.6 is 11.8 Å². The number of nitrogens with two attached hydrogens (primary N) is 1. The number of Topliss-reactive ketones (excluding diaryl/α,β-unsaturated/α-hetero) is 1. The highest BCUT2D eigenvalue weighted by Gasteiger charge is 2.41. The van der Waals surface area contributed by atoms with Crippen molar-refractivity contribution in [1.82, 2.24) is 0 Å². The van der Waals surface area contributed by atoms with E-state index < -0.39 is 11.7 Å². The fraction of sp³-hybridized carbons (Fsp3) is 0.250. The van der Waals surface area contributed by atoms with Crippen LogP contribution in [-0.2, 0) is 16.3 Å². The van der Waals surface area contributed by atoms with Gasteiger partial charge in [-0.1, -0.05) is 54.1 Å². The van der Waals surface area contributed by atoms with E-state index in [0.717, 1.165) is 33.9 Å². The molecular weight excluding hydrogens is 493 g/mol. The number of carbonyl (C=O) groups is 1. The van der Waals surface area contributed by atoms with Gasteiger partial charge in [0.25, 0.3) is 0 Å². The van der Waals surface area contributed by atoms with Gasteiger partial charge < -0.3 is 5.73 Å². The minimum absolute atomic E-state index is 0.0267. The van der Waals surface area contributed by atoms with Crippen LogP contribution in [-0.4, -0.2) is 5.78 Å². The Morgan fingerprint density at radius 1 is 1.05 bits per heavy atom. The molecule has 4 nitrogen and oxygen atoms in total. The molecule has 0 radical (unpaired) electrons. The Balaban J connectivity index is 1.59. The molecule has 1 unspecified atom stereocenters. The Morgan fingerprint density at radius 3 is 2.58 bits per heavy atom. The highest BCUT2D eigenvalue weighted by atomic mass is 32.2. The van der Waals surface area contributed by atoms with Crippen molar-refractivity contribution in [3.8, 4) is 6.07 Å². The number of thioether (sulfide) groups is 1. The molecule has 192 valence electrons. The Hall–Kier alpha value is -3.82. The molecular formula is C32H30FN3OS. The lowest BCUT2D eigenvalue weighted by molar-refractivity contribution is -0.116. The van der Waals surface area contributed by atoms with Crippen molar-refractivity contribution in [3.05, 3.63) is 123 Å². The highest BCUT2D eigenvalue weighted by Crippen LogP contribution is 2.47. The van der Waals surface area contributed by atoms with Gasteiger partial charge in [-0.3, -0.25) is 9.69 Å². The van der Waals surface area contributed by atoms with Crippen LogP contribution in [0.25, 0.3) is 0 Å². The average Bonchev–Trinajstić information content (AvgIpc) is 2.90. The van der Waals surface area contributed by atoms with Gasteiger partial charge in [0.1, 0.15) is 11.6 Å². The molecule has 1 heterocycles. The molecule has 1 atom stereocenters. The maximum Gasteiger partial charge on any atom is 0.161 e. The van der Waals surface area contributed by atoms with Crippen LogP contribution < -0.4 is 10.6 Å². The number of nitrogens with zero attached hydrogens (tertiary/aromatic N) is 2. The second kappa shape index (κ2) is 10.9. The van der Waals surface area contributed by atoms with Crippen molar-refractivity contribution in [2.45, 2.75) is 50.5 Å². The Labute approximate surface area is 227 Å². The third kappa shape index (κ3) is 4.87. The summed E-state index contributed by atoms with van der Waals surface area (Å²) in [7, 11) is 0. The topological polar surface area (TPSA) is 70.1 Å². The molecule has 0 amide bonds. The van der Waals surface area contributed by atoms with E-state index in [1.165, 1.54) is 23.3 Å². The number of anilines is 1. The van der Waals surface area contributed by atoms with E-state index in [-0.39, 0.29) is 11.6 Å². The maximum atomic E-state index is 14.2. The van der Waals surface area contributed by atoms with E-state index in [1.54, 1.807) is 17.0 Å². The molecule has 2 N–H and O–H groups in total. The molecule has 0 saturated carbocycles. The number of allylic oxidation sites excluding steroid dienone is 3. The van der Waals surface area contributed by atoms with Gasteiger partial charge in [0.05, 0.1) is 23.2 Å². The zero-order valence-electron chi connectivity index (χ0n) is 21.6. The molecule has 3 aromatic carbocycles. The van der Waals surface area contributed by atoms with Crippen LogP contribution in [0.5, 0.6) is 0 Å². The van der Waals surface area contributed by atoms with E-state index >= 15 is 0 Å². The van der Waals surface area contributed by atoms with Crippen molar-refractivity contribution >= 4 is 23.2 Å². The molecule has 3 aromatic rings. The number of hydrogen-bond donors (Lipinski definition) is 1. The molecule has 1 aliphatic carbocycles. The van der Waals surface area contributed by atoms with Gasteiger partial charge in [-0.05, 0) is 67.1 Å². The van der Waals surface area contributed by atoms with Crippen molar-refractivity contribution in [3.63, 3.8) is 0 Å². The number of benzene rings is 3. The predicted molar refractivity (Wildman–Crippen MR) is 152 cm³/mol. The van der Waals surface area contributed by atoms with Crippen LogP contribution in [0, 0.1) is 31.0 Å². The third-order valence-corrected chi connectivity index (χ3v) is 8.41. The summed E-state index contributed by atoms with van der Waals surface area (Å²) in [5, 5.41) is 10.4. The van der Waals surface area contributed by atoms with Crippen LogP contribution in [0.2, 0.25) is 0 Å². The molecule has 0 aromatic heterocycles. The first-order chi connectivity index (χ1) is 18.4. The Morgan fingerprint density at radius 2 is 1.84 bits per heavy atom. The normalized spacial score (nSPS) is 17.5. The van der Waals surface area contributed by atoms with Gasteiger partial charge in [0, 0.05) is 29.2 Å². The van der Waals surface area contributed by atoms with Gasteiger partial charge >= 0.3 is 0 Å². The molecule has 38 heavy (non-hydrogen) atoms. The minimum atomic E-state index is -0.537. The largest absolute Gasteiger partial charge is 0.384 e. The summed E-state index contributed by atoms with van der Waals surface area (Å²) >= 11 is 1.84. The first kappa shape index (κ1) is 25.8.